The number of carbonyl (C=O) groups excluding carboxylic acids is 2. The molecule has 26 heavy (non-hydrogen) atoms. The van der Waals surface area contributed by atoms with Gasteiger partial charge in [-0.15, -0.1) is 0 Å². The van der Waals surface area contributed by atoms with Crippen LogP contribution < -0.4 is 20.1 Å². The summed E-state index contributed by atoms with van der Waals surface area (Å²) in [4.78, 5) is 24.4. The predicted octanol–water partition coefficient (Wildman–Crippen LogP) is 1.77. The number of ether oxygens (including phenoxy) is 4. The standard InChI is InChI=1S/C18H24N2O6/c1-5-25-13-7-6-12(10-14(13)24-4)16-15(11(2)19-18(22)20-16)17(21)26-9-8-23-3/h6-7,10,15-16H,2,5,8-9H2,1,3-4H3,(H2,19,20,22)/t15-,16+/m0/s1. The number of methoxy groups -OCH3 is 2. The Morgan fingerprint density at radius 3 is 2.65 bits per heavy atom. The first-order chi connectivity index (χ1) is 12.5. The van der Waals surface area contributed by atoms with Crippen LogP contribution >= 0.6 is 0 Å². The van der Waals surface area contributed by atoms with Crippen molar-refractivity contribution in [3.8, 4) is 11.5 Å². The molecule has 1 heterocycles. The van der Waals surface area contributed by atoms with Gasteiger partial charge in [0.25, 0.3) is 0 Å². The maximum Gasteiger partial charge on any atom is 0.319 e. The molecule has 0 unspecified atom stereocenters. The molecule has 142 valence electrons. The van der Waals surface area contributed by atoms with Crippen LogP contribution in [0.5, 0.6) is 11.5 Å². The molecule has 0 bridgehead atoms. The minimum atomic E-state index is -0.785. The summed E-state index contributed by atoms with van der Waals surface area (Å²) in [5.74, 6) is -0.198. The quantitative estimate of drug-likeness (QED) is 0.539. The molecule has 1 aromatic rings. The zero-order valence-corrected chi connectivity index (χ0v) is 15.2. The molecule has 0 aromatic heterocycles. The Bertz CT molecular complexity index is 676. The van der Waals surface area contributed by atoms with Crippen molar-refractivity contribution in [2.75, 3.05) is 34.0 Å². The Morgan fingerprint density at radius 2 is 2.00 bits per heavy atom. The van der Waals surface area contributed by atoms with Crippen molar-refractivity contribution in [3.63, 3.8) is 0 Å². The Labute approximate surface area is 152 Å². The zero-order chi connectivity index (χ0) is 19.1. The Balaban J connectivity index is 2.31. The molecule has 1 aromatic carbocycles. The van der Waals surface area contributed by atoms with Crippen molar-refractivity contribution >= 4 is 12.0 Å². The molecule has 8 heteroatoms. The number of hydrogen-bond acceptors (Lipinski definition) is 6. The number of amides is 2. The molecule has 1 aliphatic rings. The fraction of sp³-hybridized carbons (Fsp3) is 0.444. The second kappa shape index (κ2) is 9.10. The van der Waals surface area contributed by atoms with Gasteiger partial charge in [0.05, 0.1) is 26.4 Å². The minimum Gasteiger partial charge on any atom is -0.493 e. The third-order valence-electron chi connectivity index (χ3n) is 3.90. The molecule has 0 radical (unpaired) electrons. The number of carbonyl (C=O) groups is 2. The van der Waals surface area contributed by atoms with Crippen molar-refractivity contribution in [3.05, 3.63) is 36.0 Å². The lowest BCUT2D eigenvalue weighted by Crippen LogP contribution is -2.51. The lowest BCUT2D eigenvalue weighted by atomic mass is 9.89. The summed E-state index contributed by atoms with van der Waals surface area (Å²) in [6, 6.07) is 4.16. The summed E-state index contributed by atoms with van der Waals surface area (Å²) in [5, 5.41) is 5.28. The normalized spacial score (nSPS) is 19.3. The highest BCUT2D eigenvalue weighted by atomic mass is 16.6. The van der Waals surface area contributed by atoms with E-state index in [4.69, 9.17) is 18.9 Å². The Hall–Kier alpha value is -2.74. The van der Waals surface area contributed by atoms with Crippen molar-refractivity contribution in [1.29, 1.82) is 0 Å². The highest BCUT2D eigenvalue weighted by Gasteiger charge is 2.39. The van der Waals surface area contributed by atoms with Gasteiger partial charge in [-0.3, -0.25) is 4.79 Å². The van der Waals surface area contributed by atoms with E-state index < -0.39 is 24.0 Å². The first-order valence-electron chi connectivity index (χ1n) is 8.24. The van der Waals surface area contributed by atoms with Crippen molar-refractivity contribution in [2.24, 2.45) is 5.92 Å². The van der Waals surface area contributed by atoms with E-state index in [0.29, 0.717) is 23.7 Å². The first kappa shape index (κ1) is 19.6. The molecule has 1 aliphatic heterocycles. The number of benzene rings is 1. The molecule has 2 atom stereocenters. The van der Waals surface area contributed by atoms with E-state index in [0.717, 1.165) is 0 Å². The summed E-state index contributed by atoms with van der Waals surface area (Å²) >= 11 is 0. The highest BCUT2D eigenvalue weighted by molar-refractivity contribution is 5.85. The first-order valence-corrected chi connectivity index (χ1v) is 8.24. The van der Waals surface area contributed by atoms with E-state index in [1.165, 1.54) is 14.2 Å². The van der Waals surface area contributed by atoms with Gasteiger partial charge in [-0.05, 0) is 24.6 Å². The average Bonchev–Trinajstić information content (AvgIpc) is 2.61. The van der Waals surface area contributed by atoms with Gasteiger partial charge in [0, 0.05) is 12.8 Å². The molecule has 2 rings (SSSR count). The molecule has 1 fully saturated rings. The zero-order valence-electron chi connectivity index (χ0n) is 15.2. The third-order valence-corrected chi connectivity index (χ3v) is 3.90. The number of nitrogens with one attached hydrogen (secondary N) is 2. The van der Waals surface area contributed by atoms with Crippen LogP contribution in [0.25, 0.3) is 0 Å². The van der Waals surface area contributed by atoms with Crippen LogP contribution in [0, 0.1) is 5.92 Å². The van der Waals surface area contributed by atoms with Gasteiger partial charge in [-0.25, -0.2) is 4.79 Å². The van der Waals surface area contributed by atoms with Crippen molar-refractivity contribution in [1.82, 2.24) is 10.6 Å². The molecule has 1 saturated heterocycles. The maximum absolute atomic E-state index is 12.5. The maximum atomic E-state index is 12.5. The monoisotopic (exact) mass is 364 g/mol. The van der Waals surface area contributed by atoms with E-state index >= 15 is 0 Å². The van der Waals surface area contributed by atoms with Gasteiger partial charge in [0.15, 0.2) is 11.5 Å². The Morgan fingerprint density at radius 1 is 1.23 bits per heavy atom. The molecule has 2 amide bonds. The SMILES string of the molecule is C=C1NC(=O)N[C@H](c2ccc(OCC)c(OC)c2)[C@H]1C(=O)OCCOC. The van der Waals surface area contributed by atoms with Crippen LogP contribution in [0.2, 0.25) is 0 Å². The molecule has 0 saturated carbocycles. The molecule has 0 aliphatic carbocycles. The van der Waals surface area contributed by atoms with Gasteiger partial charge in [0.2, 0.25) is 0 Å². The minimum absolute atomic E-state index is 0.117. The van der Waals surface area contributed by atoms with E-state index in [-0.39, 0.29) is 18.9 Å². The average molecular weight is 364 g/mol. The van der Waals surface area contributed by atoms with Crippen molar-refractivity contribution in [2.45, 2.75) is 13.0 Å². The van der Waals surface area contributed by atoms with Crippen LogP contribution in [-0.4, -0.2) is 46.0 Å². The fourth-order valence-corrected chi connectivity index (χ4v) is 2.71. The lowest BCUT2D eigenvalue weighted by Gasteiger charge is -2.33. The smallest absolute Gasteiger partial charge is 0.319 e. The second-order valence-corrected chi connectivity index (χ2v) is 5.58. The molecular formula is C18H24N2O6. The van der Waals surface area contributed by atoms with Crippen LogP contribution in [0.1, 0.15) is 18.5 Å². The number of esters is 1. The van der Waals surface area contributed by atoms with Gasteiger partial charge >= 0.3 is 12.0 Å². The number of urea groups is 1. The highest BCUT2D eigenvalue weighted by Crippen LogP contribution is 2.35. The second-order valence-electron chi connectivity index (χ2n) is 5.58. The fourth-order valence-electron chi connectivity index (χ4n) is 2.71. The number of hydrogen-bond donors (Lipinski definition) is 2. The summed E-state index contributed by atoms with van der Waals surface area (Å²) < 4.78 is 21.0. The molecule has 0 spiro atoms. The van der Waals surface area contributed by atoms with Gasteiger partial charge < -0.3 is 29.6 Å². The summed E-state index contributed by atoms with van der Waals surface area (Å²) in [5.41, 5.74) is 0.948. The summed E-state index contributed by atoms with van der Waals surface area (Å²) in [6.45, 7) is 6.56. The van der Waals surface area contributed by atoms with Crippen LogP contribution in [0.3, 0.4) is 0 Å². The molecule has 2 N–H and O–H groups in total. The van der Waals surface area contributed by atoms with E-state index in [1.54, 1.807) is 18.2 Å². The Kier molecular flexibility index (Phi) is 6.85. The summed E-state index contributed by atoms with van der Waals surface area (Å²) in [6.07, 6.45) is 0. The molecule has 8 nitrogen and oxygen atoms in total. The van der Waals surface area contributed by atoms with Crippen LogP contribution in [-0.2, 0) is 14.3 Å². The predicted molar refractivity (Wildman–Crippen MR) is 94.0 cm³/mol. The third kappa shape index (κ3) is 4.45. The summed E-state index contributed by atoms with van der Waals surface area (Å²) in [7, 11) is 3.04. The number of rotatable bonds is 8. The largest absolute Gasteiger partial charge is 0.493 e. The van der Waals surface area contributed by atoms with Gasteiger partial charge in [0.1, 0.15) is 12.5 Å². The van der Waals surface area contributed by atoms with Gasteiger partial charge in [-0.2, -0.15) is 0 Å². The van der Waals surface area contributed by atoms with Crippen molar-refractivity contribution < 1.29 is 28.5 Å². The van der Waals surface area contributed by atoms with Crippen LogP contribution in [0.15, 0.2) is 30.5 Å². The van der Waals surface area contributed by atoms with E-state index in [9.17, 15) is 9.59 Å². The lowest BCUT2D eigenvalue weighted by molar-refractivity contribution is -0.149. The molecular weight excluding hydrogens is 340 g/mol. The topological polar surface area (TPSA) is 95.1 Å². The van der Waals surface area contributed by atoms with Gasteiger partial charge in [-0.1, -0.05) is 12.6 Å². The van der Waals surface area contributed by atoms with E-state index in [1.807, 2.05) is 6.92 Å². The van der Waals surface area contributed by atoms with Crippen LogP contribution in [0.4, 0.5) is 4.79 Å². The van der Waals surface area contributed by atoms with E-state index in [2.05, 4.69) is 17.2 Å².